The Morgan fingerprint density at radius 3 is 2.48 bits per heavy atom. The number of thioether (sulfide) groups is 1. The van der Waals surface area contributed by atoms with Gasteiger partial charge < -0.3 is 9.15 Å². The molecule has 0 aliphatic carbocycles. The molecule has 29 heavy (non-hydrogen) atoms. The van der Waals surface area contributed by atoms with Gasteiger partial charge in [0.1, 0.15) is 5.75 Å². The van der Waals surface area contributed by atoms with E-state index in [1.165, 1.54) is 0 Å². The number of carbonyl (C=O) groups is 2. The van der Waals surface area contributed by atoms with Gasteiger partial charge in [0.05, 0.1) is 12.4 Å². The van der Waals surface area contributed by atoms with Crippen LogP contribution in [0.2, 0.25) is 5.02 Å². The topological polar surface area (TPSA) is 106 Å². The minimum Gasteiger partial charge on any atom is -0.494 e. The molecular formula is C19H17ClN4O4S. The van der Waals surface area contributed by atoms with E-state index in [9.17, 15) is 9.59 Å². The van der Waals surface area contributed by atoms with E-state index in [-0.39, 0.29) is 11.0 Å². The summed E-state index contributed by atoms with van der Waals surface area (Å²) in [6, 6.07) is 13.5. The molecule has 3 rings (SSSR count). The van der Waals surface area contributed by atoms with Gasteiger partial charge in [-0.2, -0.15) is 0 Å². The van der Waals surface area contributed by atoms with E-state index in [1.807, 2.05) is 6.92 Å². The monoisotopic (exact) mass is 432 g/mol. The number of carbonyl (C=O) groups excluding carboxylic acids is 2. The van der Waals surface area contributed by atoms with Crippen molar-refractivity contribution in [2.45, 2.75) is 12.1 Å². The van der Waals surface area contributed by atoms with Gasteiger partial charge in [0.2, 0.25) is 11.8 Å². The summed E-state index contributed by atoms with van der Waals surface area (Å²) in [4.78, 5) is 24.0. The van der Waals surface area contributed by atoms with Gasteiger partial charge in [0, 0.05) is 16.1 Å². The van der Waals surface area contributed by atoms with Crippen LogP contribution in [0.15, 0.2) is 58.2 Å². The first-order chi connectivity index (χ1) is 14.0. The Kier molecular flexibility index (Phi) is 7.09. The minimum atomic E-state index is -0.436. The van der Waals surface area contributed by atoms with Crippen LogP contribution < -0.4 is 15.6 Å². The smallest absolute Gasteiger partial charge is 0.277 e. The second kappa shape index (κ2) is 9.94. The molecule has 0 fully saturated rings. The molecule has 8 nitrogen and oxygen atoms in total. The summed E-state index contributed by atoms with van der Waals surface area (Å²) < 4.78 is 10.8. The van der Waals surface area contributed by atoms with E-state index < -0.39 is 11.8 Å². The highest BCUT2D eigenvalue weighted by Crippen LogP contribution is 2.24. The molecule has 2 aromatic carbocycles. The van der Waals surface area contributed by atoms with Crippen molar-refractivity contribution in [2.24, 2.45) is 0 Å². The standard InChI is InChI=1S/C19H17ClN4O4S/c1-2-27-15-9-5-12(6-10-15)17(26)22-21-16(25)11-29-19-24-23-18(28-19)13-3-7-14(20)8-4-13/h3-10H,2,11H2,1H3,(H,21,25)(H,22,26). The molecule has 0 aliphatic heterocycles. The second-order valence-electron chi connectivity index (χ2n) is 5.63. The SMILES string of the molecule is CCOc1ccc(C(=O)NNC(=O)CSc2nnc(-c3ccc(Cl)cc3)o2)cc1. The van der Waals surface area contributed by atoms with Gasteiger partial charge in [0.15, 0.2) is 0 Å². The number of hydrogen-bond donors (Lipinski definition) is 2. The van der Waals surface area contributed by atoms with Crippen LogP contribution in [0.5, 0.6) is 5.75 Å². The number of halogens is 1. The maximum Gasteiger partial charge on any atom is 0.277 e. The lowest BCUT2D eigenvalue weighted by Crippen LogP contribution is -2.42. The van der Waals surface area contributed by atoms with E-state index in [0.717, 1.165) is 17.3 Å². The molecule has 0 bridgehead atoms. The Balaban J connectivity index is 1.45. The fourth-order valence-corrected chi connectivity index (χ4v) is 2.90. The largest absolute Gasteiger partial charge is 0.494 e. The highest BCUT2D eigenvalue weighted by molar-refractivity contribution is 7.99. The molecular weight excluding hydrogens is 416 g/mol. The van der Waals surface area contributed by atoms with Crippen molar-refractivity contribution in [1.82, 2.24) is 21.0 Å². The Labute approximate surface area is 176 Å². The first-order valence-corrected chi connectivity index (χ1v) is 9.96. The van der Waals surface area contributed by atoms with Crippen LogP contribution in [0.4, 0.5) is 0 Å². The number of nitrogens with zero attached hydrogens (tertiary/aromatic N) is 2. The van der Waals surface area contributed by atoms with Crippen LogP contribution in [-0.2, 0) is 4.79 Å². The molecule has 0 saturated heterocycles. The molecule has 1 aromatic heterocycles. The fraction of sp³-hybridized carbons (Fsp3) is 0.158. The number of rotatable bonds is 7. The van der Waals surface area contributed by atoms with Crippen molar-refractivity contribution < 1.29 is 18.7 Å². The average molecular weight is 433 g/mol. The third kappa shape index (κ3) is 5.97. The van der Waals surface area contributed by atoms with Gasteiger partial charge in [-0.05, 0) is 55.5 Å². The molecule has 10 heteroatoms. The zero-order chi connectivity index (χ0) is 20.6. The highest BCUT2D eigenvalue weighted by Gasteiger charge is 2.12. The van der Waals surface area contributed by atoms with Gasteiger partial charge in [-0.3, -0.25) is 20.4 Å². The summed E-state index contributed by atoms with van der Waals surface area (Å²) in [5.41, 5.74) is 5.81. The van der Waals surface area contributed by atoms with E-state index >= 15 is 0 Å². The number of benzene rings is 2. The first kappa shape index (κ1) is 20.7. The molecule has 0 radical (unpaired) electrons. The summed E-state index contributed by atoms with van der Waals surface area (Å²) in [6.45, 7) is 2.42. The van der Waals surface area contributed by atoms with Crippen LogP contribution in [0.3, 0.4) is 0 Å². The molecule has 3 aromatic rings. The summed E-state index contributed by atoms with van der Waals surface area (Å²) >= 11 is 6.90. The van der Waals surface area contributed by atoms with Crippen molar-refractivity contribution >= 4 is 35.2 Å². The van der Waals surface area contributed by atoms with E-state index in [2.05, 4.69) is 21.0 Å². The highest BCUT2D eigenvalue weighted by atomic mass is 35.5. The maximum absolute atomic E-state index is 12.1. The third-order valence-corrected chi connectivity index (χ3v) is 4.64. The molecule has 0 unspecified atom stereocenters. The van der Waals surface area contributed by atoms with Crippen molar-refractivity contribution in [3.63, 3.8) is 0 Å². The summed E-state index contributed by atoms with van der Waals surface area (Å²) in [5.74, 6) is 0.136. The van der Waals surface area contributed by atoms with E-state index in [1.54, 1.807) is 48.5 Å². The van der Waals surface area contributed by atoms with Crippen LogP contribution in [0.25, 0.3) is 11.5 Å². The molecule has 0 saturated carbocycles. The van der Waals surface area contributed by atoms with Gasteiger partial charge >= 0.3 is 0 Å². The molecule has 2 N–H and O–H groups in total. The number of hydrogen-bond acceptors (Lipinski definition) is 7. The van der Waals surface area contributed by atoms with E-state index in [4.69, 9.17) is 20.8 Å². The summed E-state index contributed by atoms with van der Waals surface area (Å²) in [6.07, 6.45) is 0. The predicted octanol–water partition coefficient (Wildman–Crippen LogP) is 3.34. The lowest BCUT2D eigenvalue weighted by Gasteiger charge is -2.07. The third-order valence-electron chi connectivity index (χ3n) is 3.57. The summed E-state index contributed by atoms with van der Waals surface area (Å²) in [7, 11) is 0. The van der Waals surface area contributed by atoms with Crippen LogP contribution in [-0.4, -0.2) is 34.4 Å². The normalized spacial score (nSPS) is 10.4. The summed E-state index contributed by atoms with van der Waals surface area (Å²) in [5, 5.41) is 8.67. The molecule has 2 amide bonds. The first-order valence-electron chi connectivity index (χ1n) is 8.59. The zero-order valence-electron chi connectivity index (χ0n) is 15.3. The number of amides is 2. The Morgan fingerprint density at radius 2 is 1.79 bits per heavy atom. The van der Waals surface area contributed by atoms with Crippen molar-refractivity contribution in [1.29, 1.82) is 0 Å². The van der Waals surface area contributed by atoms with Crippen molar-refractivity contribution in [3.05, 3.63) is 59.1 Å². The maximum atomic E-state index is 12.1. The number of aromatic nitrogens is 2. The number of hydrazine groups is 1. The van der Waals surface area contributed by atoms with Crippen molar-refractivity contribution in [2.75, 3.05) is 12.4 Å². The average Bonchev–Trinajstić information content (AvgIpc) is 3.21. The molecule has 0 atom stereocenters. The number of ether oxygens (including phenoxy) is 1. The van der Waals surface area contributed by atoms with Crippen LogP contribution >= 0.6 is 23.4 Å². The lowest BCUT2D eigenvalue weighted by molar-refractivity contribution is -0.119. The Hall–Kier alpha value is -3.04. The predicted molar refractivity (Wildman–Crippen MR) is 109 cm³/mol. The minimum absolute atomic E-state index is 0.00813. The molecule has 0 spiro atoms. The zero-order valence-corrected chi connectivity index (χ0v) is 16.9. The van der Waals surface area contributed by atoms with Crippen molar-refractivity contribution in [3.8, 4) is 17.2 Å². The molecule has 150 valence electrons. The van der Waals surface area contributed by atoms with Crippen LogP contribution in [0.1, 0.15) is 17.3 Å². The Bertz CT molecular complexity index is 977. The lowest BCUT2D eigenvalue weighted by atomic mass is 10.2. The quantitative estimate of drug-likeness (QED) is 0.435. The van der Waals surface area contributed by atoms with Crippen LogP contribution in [0, 0.1) is 0 Å². The van der Waals surface area contributed by atoms with Gasteiger partial charge in [-0.15, -0.1) is 10.2 Å². The fourth-order valence-electron chi connectivity index (χ4n) is 2.21. The number of nitrogens with one attached hydrogen (secondary N) is 2. The van der Waals surface area contributed by atoms with Gasteiger partial charge in [0.25, 0.3) is 11.1 Å². The second-order valence-corrected chi connectivity index (χ2v) is 6.99. The van der Waals surface area contributed by atoms with Gasteiger partial charge in [-0.25, -0.2) is 0 Å². The molecule has 0 aliphatic rings. The Morgan fingerprint density at radius 1 is 1.07 bits per heavy atom. The van der Waals surface area contributed by atoms with Gasteiger partial charge in [-0.1, -0.05) is 23.4 Å². The van der Waals surface area contributed by atoms with E-state index in [0.29, 0.717) is 28.8 Å². The molecule has 1 heterocycles.